The number of halogens is 1. The van der Waals surface area contributed by atoms with Crippen molar-refractivity contribution in [2.24, 2.45) is 0 Å². The van der Waals surface area contributed by atoms with Crippen molar-refractivity contribution in [1.29, 1.82) is 0 Å². The lowest BCUT2D eigenvalue weighted by Crippen LogP contribution is -2.52. The Hall–Kier alpha value is -3.32. The second-order valence-corrected chi connectivity index (χ2v) is 8.48. The Balaban J connectivity index is 1.65. The van der Waals surface area contributed by atoms with Crippen molar-refractivity contribution in [3.8, 4) is 11.4 Å². The number of nitrogens with zero attached hydrogens (tertiary/aromatic N) is 3. The summed E-state index contributed by atoms with van der Waals surface area (Å²) in [6.45, 7) is 6.01. The Morgan fingerprint density at radius 2 is 1.94 bits per heavy atom. The van der Waals surface area contributed by atoms with Gasteiger partial charge in [0.05, 0.1) is 35.4 Å². The third-order valence-corrected chi connectivity index (χ3v) is 6.17. The number of hydrogen-bond donors (Lipinski definition) is 1. The van der Waals surface area contributed by atoms with E-state index < -0.39 is 6.10 Å². The fourth-order valence-corrected chi connectivity index (χ4v) is 4.17. The summed E-state index contributed by atoms with van der Waals surface area (Å²) in [5.41, 5.74) is 2.53. The highest BCUT2D eigenvalue weighted by molar-refractivity contribution is 6.30. The first-order valence-corrected chi connectivity index (χ1v) is 11.5. The van der Waals surface area contributed by atoms with Gasteiger partial charge >= 0.3 is 0 Å². The van der Waals surface area contributed by atoms with Gasteiger partial charge in [-0.2, -0.15) is 5.10 Å². The Morgan fingerprint density at radius 1 is 1.18 bits per heavy atom. The number of ether oxygens (including phenoxy) is 1. The second kappa shape index (κ2) is 9.67. The first-order chi connectivity index (χ1) is 15.9. The van der Waals surface area contributed by atoms with Gasteiger partial charge in [0, 0.05) is 11.1 Å². The molecule has 2 aromatic carbocycles. The van der Waals surface area contributed by atoms with Gasteiger partial charge in [-0.15, -0.1) is 0 Å². The number of aromatic nitrogens is 2. The third-order valence-electron chi connectivity index (χ3n) is 5.94. The van der Waals surface area contributed by atoms with Gasteiger partial charge in [-0.3, -0.25) is 9.59 Å². The molecule has 0 spiro atoms. The zero-order valence-corrected chi connectivity index (χ0v) is 19.7. The molecule has 0 aliphatic carbocycles. The lowest BCUT2D eigenvalue weighted by molar-refractivity contribution is -0.128. The molecule has 7 nitrogen and oxygen atoms in total. The molecule has 4 rings (SSSR count). The number of anilines is 1. The van der Waals surface area contributed by atoms with Gasteiger partial charge in [0.1, 0.15) is 5.75 Å². The Bertz CT molecular complexity index is 1170. The summed E-state index contributed by atoms with van der Waals surface area (Å²) in [7, 11) is 0. The van der Waals surface area contributed by atoms with Crippen molar-refractivity contribution >= 4 is 29.1 Å². The molecule has 2 heterocycles. The highest BCUT2D eigenvalue weighted by Gasteiger charge is 2.35. The fourth-order valence-electron chi connectivity index (χ4n) is 3.98. The van der Waals surface area contributed by atoms with E-state index >= 15 is 0 Å². The SMILES string of the molecule is CCC(CC)NC(=O)C1CN(C(=O)c2cnn(-c3cccc(Cl)c3)c2C)c2ccccc2O1. The maximum Gasteiger partial charge on any atom is 0.263 e. The largest absolute Gasteiger partial charge is 0.477 e. The number of amides is 2. The molecule has 1 atom stereocenters. The van der Waals surface area contributed by atoms with E-state index in [1.807, 2.05) is 51.1 Å². The van der Waals surface area contributed by atoms with Gasteiger partial charge in [0.25, 0.3) is 11.8 Å². The van der Waals surface area contributed by atoms with Gasteiger partial charge < -0.3 is 15.0 Å². The molecular formula is C25H27ClN4O3. The van der Waals surface area contributed by atoms with Crippen molar-refractivity contribution in [3.63, 3.8) is 0 Å². The van der Waals surface area contributed by atoms with Crippen LogP contribution in [-0.2, 0) is 4.79 Å². The van der Waals surface area contributed by atoms with Crippen molar-refractivity contribution in [1.82, 2.24) is 15.1 Å². The normalized spacial score (nSPS) is 15.2. The minimum Gasteiger partial charge on any atom is -0.477 e. The van der Waals surface area contributed by atoms with E-state index in [0.717, 1.165) is 18.5 Å². The average Bonchev–Trinajstić information content (AvgIpc) is 3.22. The Kier molecular flexibility index (Phi) is 6.70. The van der Waals surface area contributed by atoms with Crippen LogP contribution in [0.3, 0.4) is 0 Å². The Labute approximate surface area is 198 Å². The smallest absolute Gasteiger partial charge is 0.263 e. The van der Waals surface area contributed by atoms with E-state index in [2.05, 4.69) is 10.4 Å². The summed E-state index contributed by atoms with van der Waals surface area (Å²) < 4.78 is 7.66. The highest BCUT2D eigenvalue weighted by atomic mass is 35.5. The molecule has 0 saturated heterocycles. The predicted octanol–water partition coefficient (Wildman–Crippen LogP) is 4.55. The third kappa shape index (κ3) is 4.59. The fraction of sp³-hybridized carbons (Fsp3) is 0.320. The van der Waals surface area contributed by atoms with E-state index in [1.165, 1.54) is 0 Å². The molecule has 1 aromatic heterocycles. The van der Waals surface area contributed by atoms with Crippen molar-refractivity contribution in [2.75, 3.05) is 11.4 Å². The number of carbonyl (C=O) groups excluding carboxylic acids is 2. The van der Waals surface area contributed by atoms with Crippen LogP contribution in [0, 0.1) is 6.92 Å². The van der Waals surface area contributed by atoms with Crippen LogP contribution >= 0.6 is 11.6 Å². The number of para-hydroxylation sites is 2. The predicted molar refractivity (Wildman–Crippen MR) is 128 cm³/mol. The molecule has 33 heavy (non-hydrogen) atoms. The van der Waals surface area contributed by atoms with E-state index in [-0.39, 0.29) is 24.4 Å². The molecule has 172 valence electrons. The molecule has 1 aliphatic rings. The molecular weight excluding hydrogens is 440 g/mol. The average molecular weight is 467 g/mol. The number of fused-ring (bicyclic) bond motifs is 1. The summed E-state index contributed by atoms with van der Waals surface area (Å²) in [6.07, 6.45) is 2.41. The van der Waals surface area contributed by atoms with Crippen molar-refractivity contribution in [2.45, 2.75) is 45.8 Å². The number of hydrogen-bond acceptors (Lipinski definition) is 4. The molecule has 0 radical (unpaired) electrons. The number of benzene rings is 2. The molecule has 0 saturated carbocycles. The first-order valence-electron chi connectivity index (χ1n) is 11.1. The molecule has 0 bridgehead atoms. The van der Waals surface area contributed by atoms with Gasteiger partial charge in [-0.05, 0) is 50.1 Å². The molecule has 0 fully saturated rings. The number of rotatable bonds is 6. The van der Waals surface area contributed by atoms with E-state index in [1.54, 1.807) is 34.0 Å². The monoisotopic (exact) mass is 466 g/mol. The van der Waals surface area contributed by atoms with Gasteiger partial charge in [-0.25, -0.2) is 4.68 Å². The van der Waals surface area contributed by atoms with Crippen LogP contribution < -0.4 is 15.0 Å². The van der Waals surface area contributed by atoms with Crippen LogP contribution in [0.4, 0.5) is 5.69 Å². The second-order valence-electron chi connectivity index (χ2n) is 8.05. The Morgan fingerprint density at radius 3 is 2.67 bits per heavy atom. The molecule has 2 amide bonds. The van der Waals surface area contributed by atoms with Crippen LogP contribution in [0.15, 0.2) is 54.7 Å². The zero-order chi connectivity index (χ0) is 23.5. The van der Waals surface area contributed by atoms with E-state index in [0.29, 0.717) is 27.7 Å². The number of nitrogens with one attached hydrogen (secondary N) is 1. The van der Waals surface area contributed by atoms with Crippen LogP contribution in [0.25, 0.3) is 5.69 Å². The minimum atomic E-state index is -0.798. The van der Waals surface area contributed by atoms with Gasteiger partial charge in [-0.1, -0.05) is 43.6 Å². The van der Waals surface area contributed by atoms with Crippen LogP contribution in [0.1, 0.15) is 42.7 Å². The standard InChI is InChI=1S/C25H27ClN4O3/c1-4-18(5-2)28-24(31)23-15-29(21-11-6-7-12-22(21)33-23)25(32)20-14-27-30(16(20)3)19-10-8-9-17(26)13-19/h6-14,18,23H,4-5,15H2,1-3H3,(H,28,31). The van der Waals surface area contributed by atoms with Gasteiger partial charge in [0.2, 0.25) is 0 Å². The summed E-state index contributed by atoms with van der Waals surface area (Å²) in [5.74, 6) is 0.0425. The lowest BCUT2D eigenvalue weighted by atomic mass is 10.1. The maximum atomic E-state index is 13.7. The summed E-state index contributed by atoms with van der Waals surface area (Å²) in [4.78, 5) is 28.2. The first kappa shape index (κ1) is 22.9. The number of carbonyl (C=O) groups is 2. The minimum absolute atomic E-state index is 0.0700. The maximum absolute atomic E-state index is 13.7. The van der Waals surface area contributed by atoms with Crippen LogP contribution in [0.5, 0.6) is 5.75 Å². The molecule has 3 aromatic rings. The lowest BCUT2D eigenvalue weighted by Gasteiger charge is -2.34. The quantitative estimate of drug-likeness (QED) is 0.578. The molecule has 1 unspecified atom stereocenters. The summed E-state index contributed by atoms with van der Waals surface area (Å²) in [6, 6.07) is 14.6. The summed E-state index contributed by atoms with van der Waals surface area (Å²) in [5, 5.41) is 8.03. The molecule has 8 heteroatoms. The molecule has 1 N–H and O–H groups in total. The van der Waals surface area contributed by atoms with Gasteiger partial charge in [0.15, 0.2) is 6.10 Å². The topological polar surface area (TPSA) is 76.5 Å². The van der Waals surface area contributed by atoms with Crippen LogP contribution in [0.2, 0.25) is 5.02 Å². The highest BCUT2D eigenvalue weighted by Crippen LogP contribution is 2.34. The molecule has 1 aliphatic heterocycles. The van der Waals surface area contributed by atoms with Crippen molar-refractivity contribution < 1.29 is 14.3 Å². The summed E-state index contributed by atoms with van der Waals surface area (Å²) >= 11 is 6.13. The van der Waals surface area contributed by atoms with E-state index in [9.17, 15) is 9.59 Å². The zero-order valence-electron chi connectivity index (χ0n) is 18.9. The van der Waals surface area contributed by atoms with E-state index in [4.69, 9.17) is 16.3 Å². The van der Waals surface area contributed by atoms with Crippen molar-refractivity contribution in [3.05, 3.63) is 71.0 Å². The van der Waals surface area contributed by atoms with Crippen LogP contribution in [-0.4, -0.2) is 40.3 Å².